The van der Waals surface area contributed by atoms with Crippen LogP contribution in [-0.2, 0) is 10.2 Å². The quantitative estimate of drug-likeness (QED) is 0.835. The van der Waals surface area contributed by atoms with Crippen molar-refractivity contribution in [3.05, 3.63) is 35.6 Å². The summed E-state index contributed by atoms with van der Waals surface area (Å²) in [5.41, 5.74) is 0.501. The van der Waals surface area contributed by atoms with Gasteiger partial charge in [0, 0.05) is 38.1 Å². The molecule has 1 aromatic rings. The second-order valence-corrected chi connectivity index (χ2v) is 6.32. The van der Waals surface area contributed by atoms with Gasteiger partial charge in [0.25, 0.3) is 0 Å². The molecule has 0 spiro atoms. The summed E-state index contributed by atoms with van der Waals surface area (Å²) in [7, 11) is 0. The highest BCUT2D eigenvalue weighted by atomic mass is 19.1. The van der Waals surface area contributed by atoms with E-state index in [0.29, 0.717) is 18.7 Å². The maximum atomic E-state index is 13.9. The van der Waals surface area contributed by atoms with Crippen LogP contribution in [0.3, 0.4) is 0 Å². The fraction of sp³-hybridized carbons (Fsp3) is 0.588. The average Bonchev–Trinajstić information content (AvgIpc) is 3.35. The second-order valence-electron chi connectivity index (χ2n) is 6.32. The standard InChI is InChI=1S/C17H24FN3O2/c18-15-4-2-1-3-14(15)17(5-6-17)13-20-16(22)19-7-8-21-9-11-23-12-10-21/h1-4H,5-13H2,(H2,19,20,22). The maximum absolute atomic E-state index is 13.9. The molecule has 6 heteroatoms. The lowest BCUT2D eigenvalue weighted by atomic mass is 9.95. The Morgan fingerprint density at radius 2 is 1.96 bits per heavy atom. The molecule has 2 aliphatic rings. The third-order valence-corrected chi connectivity index (χ3v) is 4.70. The van der Waals surface area contributed by atoms with Crippen molar-refractivity contribution < 1.29 is 13.9 Å². The first-order chi connectivity index (χ1) is 11.2. The largest absolute Gasteiger partial charge is 0.379 e. The van der Waals surface area contributed by atoms with E-state index in [1.807, 2.05) is 12.1 Å². The molecule has 0 radical (unpaired) electrons. The zero-order valence-corrected chi connectivity index (χ0v) is 13.3. The third-order valence-electron chi connectivity index (χ3n) is 4.70. The van der Waals surface area contributed by atoms with Gasteiger partial charge in [-0.05, 0) is 24.5 Å². The van der Waals surface area contributed by atoms with Crippen LogP contribution in [-0.4, -0.2) is 56.9 Å². The van der Waals surface area contributed by atoms with E-state index in [0.717, 1.165) is 45.7 Å². The van der Waals surface area contributed by atoms with E-state index in [-0.39, 0.29) is 17.3 Å². The zero-order chi connectivity index (χ0) is 16.1. The van der Waals surface area contributed by atoms with E-state index >= 15 is 0 Å². The van der Waals surface area contributed by atoms with E-state index in [2.05, 4.69) is 15.5 Å². The van der Waals surface area contributed by atoms with Gasteiger partial charge in [-0.1, -0.05) is 18.2 Å². The molecule has 2 fully saturated rings. The van der Waals surface area contributed by atoms with Crippen LogP contribution < -0.4 is 10.6 Å². The number of urea groups is 1. The topological polar surface area (TPSA) is 53.6 Å². The Balaban J connectivity index is 1.40. The lowest BCUT2D eigenvalue weighted by molar-refractivity contribution is 0.0387. The molecule has 126 valence electrons. The number of hydrogen-bond donors (Lipinski definition) is 2. The van der Waals surface area contributed by atoms with Gasteiger partial charge in [0.1, 0.15) is 5.82 Å². The first-order valence-corrected chi connectivity index (χ1v) is 8.26. The summed E-state index contributed by atoms with van der Waals surface area (Å²) in [5, 5.41) is 5.76. The Kier molecular flexibility index (Phi) is 5.13. The van der Waals surface area contributed by atoms with Crippen molar-refractivity contribution in [3.63, 3.8) is 0 Å². The first-order valence-electron chi connectivity index (χ1n) is 8.26. The second kappa shape index (κ2) is 7.27. The summed E-state index contributed by atoms with van der Waals surface area (Å²) in [6.45, 7) is 5.28. The lowest BCUT2D eigenvalue weighted by Gasteiger charge is -2.26. The molecule has 1 aromatic carbocycles. The summed E-state index contributed by atoms with van der Waals surface area (Å²) in [5.74, 6) is -0.181. The molecule has 1 heterocycles. The molecular formula is C17H24FN3O2. The third kappa shape index (κ3) is 4.20. The molecule has 1 saturated heterocycles. The number of morpholine rings is 1. The van der Waals surface area contributed by atoms with Crippen molar-refractivity contribution in [2.75, 3.05) is 45.9 Å². The predicted octanol–water partition coefficient (Wildman–Crippen LogP) is 1.49. The van der Waals surface area contributed by atoms with Crippen LogP contribution >= 0.6 is 0 Å². The van der Waals surface area contributed by atoms with Crippen molar-refractivity contribution in [1.82, 2.24) is 15.5 Å². The van der Waals surface area contributed by atoms with E-state index in [1.54, 1.807) is 6.07 Å². The van der Waals surface area contributed by atoms with Gasteiger partial charge in [-0.15, -0.1) is 0 Å². The molecule has 1 aliphatic heterocycles. The van der Waals surface area contributed by atoms with Gasteiger partial charge in [0.2, 0.25) is 0 Å². The molecule has 0 atom stereocenters. The highest BCUT2D eigenvalue weighted by Gasteiger charge is 2.45. The van der Waals surface area contributed by atoms with E-state index in [4.69, 9.17) is 4.74 Å². The van der Waals surface area contributed by atoms with Gasteiger partial charge in [0.05, 0.1) is 13.2 Å². The number of carbonyl (C=O) groups excluding carboxylic acids is 1. The number of rotatable bonds is 6. The minimum atomic E-state index is -0.215. The van der Waals surface area contributed by atoms with E-state index in [1.165, 1.54) is 6.07 Å². The van der Waals surface area contributed by atoms with Crippen molar-refractivity contribution in [2.45, 2.75) is 18.3 Å². The predicted molar refractivity (Wildman–Crippen MR) is 86.0 cm³/mol. The molecule has 23 heavy (non-hydrogen) atoms. The average molecular weight is 321 g/mol. The van der Waals surface area contributed by atoms with Gasteiger partial charge in [-0.3, -0.25) is 4.90 Å². The molecule has 3 rings (SSSR count). The smallest absolute Gasteiger partial charge is 0.314 e. The van der Waals surface area contributed by atoms with Gasteiger partial charge in [-0.2, -0.15) is 0 Å². The number of amides is 2. The Morgan fingerprint density at radius 1 is 1.22 bits per heavy atom. The molecular weight excluding hydrogens is 297 g/mol. The zero-order valence-electron chi connectivity index (χ0n) is 13.3. The molecule has 2 N–H and O–H groups in total. The highest BCUT2D eigenvalue weighted by Crippen LogP contribution is 2.48. The van der Waals surface area contributed by atoms with Crippen LogP contribution in [0.4, 0.5) is 9.18 Å². The first kappa shape index (κ1) is 16.2. The molecule has 2 amide bonds. The summed E-state index contributed by atoms with van der Waals surface area (Å²) < 4.78 is 19.2. The van der Waals surface area contributed by atoms with Crippen LogP contribution in [0, 0.1) is 5.82 Å². The van der Waals surface area contributed by atoms with Crippen molar-refractivity contribution in [1.29, 1.82) is 0 Å². The van der Waals surface area contributed by atoms with Crippen LogP contribution in [0.2, 0.25) is 0 Å². The summed E-state index contributed by atoms with van der Waals surface area (Å²) in [6.07, 6.45) is 1.84. The number of halogens is 1. The molecule has 5 nitrogen and oxygen atoms in total. The van der Waals surface area contributed by atoms with E-state index < -0.39 is 0 Å². The number of nitrogens with zero attached hydrogens (tertiary/aromatic N) is 1. The van der Waals surface area contributed by atoms with Crippen LogP contribution in [0.25, 0.3) is 0 Å². The van der Waals surface area contributed by atoms with Gasteiger partial charge in [0.15, 0.2) is 0 Å². The lowest BCUT2D eigenvalue weighted by Crippen LogP contribution is -2.45. The minimum Gasteiger partial charge on any atom is -0.379 e. The summed E-state index contributed by atoms with van der Waals surface area (Å²) in [6, 6.07) is 6.67. The number of hydrogen-bond acceptors (Lipinski definition) is 3. The normalized spacial score (nSPS) is 20.0. The summed E-state index contributed by atoms with van der Waals surface area (Å²) in [4.78, 5) is 14.2. The molecule has 1 saturated carbocycles. The molecule has 1 aliphatic carbocycles. The summed E-state index contributed by atoms with van der Waals surface area (Å²) >= 11 is 0. The fourth-order valence-electron chi connectivity index (χ4n) is 3.05. The molecule has 0 aromatic heterocycles. The number of benzene rings is 1. The highest BCUT2D eigenvalue weighted by molar-refractivity contribution is 5.74. The fourth-order valence-corrected chi connectivity index (χ4v) is 3.05. The Hall–Kier alpha value is -1.66. The van der Waals surface area contributed by atoms with Crippen molar-refractivity contribution in [2.24, 2.45) is 0 Å². The molecule has 0 bridgehead atoms. The maximum Gasteiger partial charge on any atom is 0.314 e. The molecule has 0 unspecified atom stereocenters. The van der Waals surface area contributed by atoms with Crippen molar-refractivity contribution in [3.8, 4) is 0 Å². The SMILES string of the molecule is O=C(NCCN1CCOCC1)NCC1(c2ccccc2F)CC1. The Morgan fingerprint density at radius 3 is 2.65 bits per heavy atom. The monoisotopic (exact) mass is 321 g/mol. The minimum absolute atomic E-state index is 0.180. The number of nitrogens with one attached hydrogen (secondary N) is 2. The van der Waals surface area contributed by atoms with Gasteiger partial charge in [-0.25, -0.2) is 9.18 Å². The number of ether oxygens (including phenoxy) is 1. The number of carbonyl (C=O) groups is 1. The van der Waals surface area contributed by atoms with Crippen molar-refractivity contribution >= 4 is 6.03 Å². The Labute approximate surface area is 136 Å². The van der Waals surface area contributed by atoms with Crippen LogP contribution in [0.1, 0.15) is 18.4 Å². The van der Waals surface area contributed by atoms with Crippen LogP contribution in [0.5, 0.6) is 0 Å². The van der Waals surface area contributed by atoms with Gasteiger partial charge < -0.3 is 15.4 Å². The van der Waals surface area contributed by atoms with Gasteiger partial charge >= 0.3 is 6.03 Å². The Bertz CT molecular complexity index is 542. The van der Waals surface area contributed by atoms with E-state index in [9.17, 15) is 9.18 Å². The van der Waals surface area contributed by atoms with Crippen LogP contribution in [0.15, 0.2) is 24.3 Å².